The maximum absolute atomic E-state index is 11.7. The summed E-state index contributed by atoms with van der Waals surface area (Å²) in [5.74, 6) is 1.70. The van der Waals surface area contributed by atoms with Crippen molar-refractivity contribution in [3.63, 3.8) is 0 Å². The van der Waals surface area contributed by atoms with E-state index >= 15 is 0 Å². The third-order valence-electron chi connectivity index (χ3n) is 6.06. The predicted molar refractivity (Wildman–Crippen MR) is 112 cm³/mol. The molecule has 5 nitrogen and oxygen atoms in total. The average Bonchev–Trinajstić information content (AvgIpc) is 3.22. The summed E-state index contributed by atoms with van der Waals surface area (Å²) < 4.78 is 23.5. The summed E-state index contributed by atoms with van der Waals surface area (Å²) in [5.41, 5.74) is 1.49. The normalized spacial score (nSPS) is 29.1. The number of guanidine groups is 1. The van der Waals surface area contributed by atoms with Crippen LogP contribution in [0.1, 0.15) is 45.6 Å². The molecule has 0 bridgehead atoms. The molecular weight excluding hydrogens is 358 g/mol. The highest BCUT2D eigenvalue weighted by molar-refractivity contribution is 7.91. The van der Waals surface area contributed by atoms with Crippen LogP contribution in [0.4, 0.5) is 0 Å². The van der Waals surface area contributed by atoms with E-state index in [1.165, 1.54) is 5.56 Å². The number of hydrogen-bond acceptors (Lipinski definition) is 3. The molecule has 0 radical (unpaired) electrons. The Bertz CT molecular complexity index is 763. The molecule has 0 spiro atoms. The third-order valence-corrected chi connectivity index (χ3v) is 7.89. The lowest BCUT2D eigenvalue weighted by Gasteiger charge is -2.28. The summed E-state index contributed by atoms with van der Waals surface area (Å²) in [6.45, 7) is 9.15. The van der Waals surface area contributed by atoms with Crippen LogP contribution in [0.25, 0.3) is 0 Å². The van der Waals surface area contributed by atoms with Gasteiger partial charge in [0, 0.05) is 31.1 Å². The molecule has 0 aliphatic carbocycles. The molecule has 27 heavy (non-hydrogen) atoms. The molecule has 3 unspecified atom stereocenters. The molecule has 0 aromatic heterocycles. The number of benzene rings is 1. The molecule has 2 heterocycles. The fourth-order valence-corrected chi connectivity index (χ4v) is 5.86. The minimum absolute atomic E-state index is 0.121. The van der Waals surface area contributed by atoms with Gasteiger partial charge in [-0.05, 0) is 37.7 Å². The minimum Gasteiger partial charge on any atom is -0.354 e. The van der Waals surface area contributed by atoms with Crippen LogP contribution in [0.5, 0.6) is 0 Å². The van der Waals surface area contributed by atoms with Gasteiger partial charge in [0.25, 0.3) is 0 Å². The summed E-state index contributed by atoms with van der Waals surface area (Å²) in [6.07, 6.45) is 2.86. The number of nitrogens with zero attached hydrogens (tertiary/aromatic N) is 2. The second-order valence-electron chi connectivity index (χ2n) is 8.49. The van der Waals surface area contributed by atoms with Gasteiger partial charge in [-0.25, -0.2) is 8.42 Å². The highest BCUT2D eigenvalue weighted by Gasteiger charge is 2.37. The van der Waals surface area contributed by atoms with Gasteiger partial charge in [0.2, 0.25) is 0 Å². The molecule has 1 N–H and O–H groups in total. The lowest BCUT2D eigenvalue weighted by atomic mass is 9.82. The van der Waals surface area contributed by atoms with Gasteiger partial charge < -0.3 is 10.2 Å². The summed E-state index contributed by atoms with van der Waals surface area (Å²) in [4.78, 5) is 7.22. The van der Waals surface area contributed by atoms with Crippen molar-refractivity contribution in [3.05, 3.63) is 35.9 Å². The molecule has 3 rings (SSSR count). The zero-order chi connectivity index (χ0) is 19.5. The van der Waals surface area contributed by atoms with Crippen LogP contribution in [0.2, 0.25) is 0 Å². The van der Waals surface area contributed by atoms with Gasteiger partial charge in [0.1, 0.15) is 0 Å². The van der Waals surface area contributed by atoms with Gasteiger partial charge in [-0.15, -0.1) is 0 Å². The highest BCUT2D eigenvalue weighted by Crippen LogP contribution is 2.34. The van der Waals surface area contributed by atoms with Gasteiger partial charge in [-0.3, -0.25) is 4.99 Å². The van der Waals surface area contributed by atoms with Gasteiger partial charge >= 0.3 is 0 Å². The molecule has 1 aromatic rings. The van der Waals surface area contributed by atoms with E-state index in [-0.39, 0.29) is 17.1 Å². The summed E-state index contributed by atoms with van der Waals surface area (Å²) in [5, 5.41) is 3.57. The van der Waals surface area contributed by atoms with Crippen molar-refractivity contribution >= 4 is 15.8 Å². The van der Waals surface area contributed by atoms with E-state index in [0.717, 1.165) is 38.3 Å². The summed E-state index contributed by atoms with van der Waals surface area (Å²) in [6, 6.07) is 11.1. The standard InChI is InChI=1S/C21H33N3O2S/c1-4-17(2)23-20(22-14-18-10-13-27(25,26)15-18)24-12-11-21(3,16-24)19-8-6-5-7-9-19/h5-9,17-18H,4,10-16H2,1-3H3,(H,22,23). The van der Waals surface area contributed by atoms with E-state index in [9.17, 15) is 8.42 Å². The number of hydrogen-bond donors (Lipinski definition) is 1. The first kappa shape index (κ1) is 20.2. The Kier molecular flexibility index (Phi) is 6.14. The maximum Gasteiger partial charge on any atom is 0.194 e. The van der Waals surface area contributed by atoms with E-state index < -0.39 is 9.84 Å². The largest absolute Gasteiger partial charge is 0.354 e. The van der Waals surface area contributed by atoms with Crippen LogP contribution < -0.4 is 5.32 Å². The molecule has 2 aliphatic heterocycles. The van der Waals surface area contributed by atoms with Crippen LogP contribution in [-0.2, 0) is 15.3 Å². The first-order valence-electron chi connectivity index (χ1n) is 10.1. The second kappa shape index (κ2) is 8.21. The van der Waals surface area contributed by atoms with Gasteiger partial charge in [-0.1, -0.05) is 44.2 Å². The summed E-state index contributed by atoms with van der Waals surface area (Å²) in [7, 11) is -2.85. The van der Waals surface area contributed by atoms with Crippen LogP contribution in [-0.4, -0.2) is 56.5 Å². The van der Waals surface area contributed by atoms with Crippen molar-refractivity contribution in [2.75, 3.05) is 31.1 Å². The lowest BCUT2D eigenvalue weighted by molar-refractivity contribution is 0.427. The maximum atomic E-state index is 11.7. The Labute approximate surface area is 164 Å². The quantitative estimate of drug-likeness (QED) is 0.619. The van der Waals surface area contributed by atoms with Crippen molar-refractivity contribution in [1.29, 1.82) is 0 Å². The van der Waals surface area contributed by atoms with Crippen molar-refractivity contribution in [1.82, 2.24) is 10.2 Å². The van der Waals surface area contributed by atoms with E-state index in [1.807, 2.05) is 0 Å². The van der Waals surface area contributed by atoms with Crippen LogP contribution in [0, 0.1) is 5.92 Å². The Hall–Kier alpha value is -1.56. The highest BCUT2D eigenvalue weighted by atomic mass is 32.2. The zero-order valence-corrected chi connectivity index (χ0v) is 17.6. The number of likely N-dealkylation sites (tertiary alicyclic amines) is 1. The van der Waals surface area contributed by atoms with E-state index in [1.54, 1.807) is 0 Å². The van der Waals surface area contributed by atoms with E-state index in [0.29, 0.717) is 18.3 Å². The van der Waals surface area contributed by atoms with Crippen molar-refractivity contribution in [2.45, 2.75) is 51.5 Å². The van der Waals surface area contributed by atoms with Gasteiger partial charge in [-0.2, -0.15) is 0 Å². The Morgan fingerprint density at radius 1 is 1.37 bits per heavy atom. The molecule has 2 aliphatic rings. The lowest BCUT2D eigenvalue weighted by Crippen LogP contribution is -2.45. The van der Waals surface area contributed by atoms with E-state index in [2.05, 4.69) is 61.3 Å². The van der Waals surface area contributed by atoms with Crippen LogP contribution in [0.15, 0.2) is 35.3 Å². The molecule has 2 fully saturated rings. The molecular formula is C21H33N3O2S. The number of sulfone groups is 1. The van der Waals surface area contributed by atoms with Crippen LogP contribution in [0.3, 0.4) is 0 Å². The molecule has 0 amide bonds. The topological polar surface area (TPSA) is 61.8 Å². The SMILES string of the molecule is CCC(C)NC(=NCC1CCS(=O)(=O)C1)N1CCC(C)(c2ccccc2)C1. The first-order valence-corrected chi connectivity index (χ1v) is 12.0. The Morgan fingerprint density at radius 3 is 2.74 bits per heavy atom. The molecule has 6 heteroatoms. The van der Waals surface area contributed by atoms with Gasteiger partial charge in [0.15, 0.2) is 15.8 Å². The average molecular weight is 392 g/mol. The molecule has 1 aromatic carbocycles. The third kappa shape index (κ3) is 5.03. The van der Waals surface area contributed by atoms with Crippen molar-refractivity contribution in [3.8, 4) is 0 Å². The van der Waals surface area contributed by atoms with E-state index in [4.69, 9.17) is 4.99 Å². The van der Waals surface area contributed by atoms with Crippen molar-refractivity contribution < 1.29 is 8.42 Å². The fraction of sp³-hybridized carbons (Fsp3) is 0.667. The van der Waals surface area contributed by atoms with Crippen LogP contribution >= 0.6 is 0 Å². The van der Waals surface area contributed by atoms with Crippen molar-refractivity contribution in [2.24, 2.45) is 10.9 Å². The number of nitrogens with one attached hydrogen (secondary N) is 1. The minimum atomic E-state index is -2.85. The number of rotatable bonds is 5. The summed E-state index contributed by atoms with van der Waals surface area (Å²) >= 11 is 0. The fourth-order valence-electron chi connectivity index (χ4n) is 4.01. The molecule has 150 valence electrons. The molecule has 0 saturated carbocycles. The second-order valence-corrected chi connectivity index (χ2v) is 10.7. The molecule has 2 saturated heterocycles. The number of aliphatic imine (C=N–C) groups is 1. The predicted octanol–water partition coefficient (Wildman–Crippen LogP) is 2.83. The first-order chi connectivity index (χ1) is 12.8. The Balaban J connectivity index is 1.72. The molecule has 3 atom stereocenters. The Morgan fingerprint density at radius 2 is 2.11 bits per heavy atom. The van der Waals surface area contributed by atoms with Gasteiger partial charge in [0.05, 0.1) is 11.5 Å². The monoisotopic (exact) mass is 391 g/mol. The smallest absolute Gasteiger partial charge is 0.194 e. The zero-order valence-electron chi connectivity index (χ0n) is 16.8.